The highest BCUT2D eigenvalue weighted by molar-refractivity contribution is 7.78. The van der Waals surface area contributed by atoms with E-state index in [1.807, 2.05) is 0 Å². The Morgan fingerprint density at radius 2 is 1.71 bits per heavy atom. The highest BCUT2D eigenvalue weighted by Gasteiger charge is 2.25. The van der Waals surface area contributed by atoms with Crippen molar-refractivity contribution in [3.63, 3.8) is 0 Å². The van der Waals surface area contributed by atoms with Gasteiger partial charge in [0.05, 0.1) is 0 Å². The average Bonchev–Trinajstić information content (AvgIpc) is 2.38. The molecule has 96 valence electrons. The molecule has 0 heterocycles. The molecule has 0 N–H and O–H groups in total. The van der Waals surface area contributed by atoms with E-state index in [1.54, 1.807) is 21.4 Å². The first-order chi connectivity index (χ1) is 8.20. The Balaban J connectivity index is 2.57. The van der Waals surface area contributed by atoms with Crippen LogP contribution in [0.25, 0.3) is 0 Å². The van der Waals surface area contributed by atoms with Gasteiger partial charge in [0.25, 0.3) is 0 Å². The van der Waals surface area contributed by atoms with E-state index in [0.717, 1.165) is 12.8 Å². The number of hydrogen-bond acceptors (Lipinski definition) is 2. The lowest BCUT2D eigenvalue weighted by Gasteiger charge is -2.33. The SMILES string of the molecule is C=CCN(CC=C)C(=O)N(S)C1CCCCC1. The molecule has 2 amide bonds. The monoisotopic (exact) mass is 254 g/mol. The van der Waals surface area contributed by atoms with Crippen LogP contribution in [0.4, 0.5) is 4.79 Å². The lowest BCUT2D eigenvalue weighted by Crippen LogP contribution is -2.44. The smallest absolute Gasteiger partial charge is 0.317 e. The first kappa shape index (κ1) is 14.2. The Hall–Kier alpha value is -0.900. The van der Waals surface area contributed by atoms with E-state index >= 15 is 0 Å². The minimum atomic E-state index is -0.0416. The molecular weight excluding hydrogens is 232 g/mol. The summed E-state index contributed by atoms with van der Waals surface area (Å²) in [5.41, 5.74) is 0. The van der Waals surface area contributed by atoms with E-state index in [9.17, 15) is 4.79 Å². The van der Waals surface area contributed by atoms with Crippen molar-refractivity contribution in [3.8, 4) is 0 Å². The molecule has 3 nitrogen and oxygen atoms in total. The summed E-state index contributed by atoms with van der Waals surface area (Å²) in [6.07, 6.45) is 9.23. The van der Waals surface area contributed by atoms with E-state index in [0.29, 0.717) is 13.1 Å². The van der Waals surface area contributed by atoms with Gasteiger partial charge in [0.15, 0.2) is 0 Å². The Bertz CT molecular complexity index is 265. The predicted octanol–water partition coefficient (Wildman–Crippen LogP) is 3.26. The van der Waals surface area contributed by atoms with E-state index in [4.69, 9.17) is 0 Å². The van der Waals surface area contributed by atoms with Crippen LogP contribution in [0.2, 0.25) is 0 Å². The molecule has 0 aromatic carbocycles. The summed E-state index contributed by atoms with van der Waals surface area (Å²) in [6.45, 7) is 8.40. The van der Waals surface area contributed by atoms with Crippen molar-refractivity contribution < 1.29 is 4.79 Å². The fourth-order valence-corrected chi connectivity index (χ4v) is 2.53. The number of urea groups is 1. The molecule has 1 saturated carbocycles. The molecule has 1 aliphatic rings. The van der Waals surface area contributed by atoms with Crippen molar-refractivity contribution >= 4 is 18.8 Å². The van der Waals surface area contributed by atoms with Gasteiger partial charge in [0.2, 0.25) is 0 Å². The van der Waals surface area contributed by atoms with Crippen LogP contribution in [0.1, 0.15) is 32.1 Å². The summed E-state index contributed by atoms with van der Waals surface area (Å²) < 4.78 is 1.59. The number of carbonyl (C=O) groups is 1. The maximum absolute atomic E-state index is 12.2. The van der Waals surface area contributed by atoms with E-state index in [-0.39, 0.29) is 12.1 Å². The average molecular weight is 254 g/mol. The molecule has 0 atom stereocenters. The molecule has 1 aliphatic carbocycles. The quantitative estimate of drug-likeness (QED) is 0.591. The maximum atomic E-state index is 12.2. The second-order valence-electron chi connectivity index (χ2n) is 4.40. The third-order valence-electron chi connectivity index (χ3n) is 3.09. The molecule has 1 rings (SSSR count). The number of hydrogen-bond donors (Lipinski definition) is 1. The summed E-state index contributed by atoms with van der Waals surface area (Å²) in [7, 11) is 0. The second kappa shape index (κ2) is 7.43. The molecule has 4 heteroatoms. The number of amides is 2. The predicted molar refractivity (Wildman–Crippen MR) is 75.1 cm³/mol. The van der Waals surface area contributed by atoms with E-state index < -0.39 is 0 Å². The van der Waals surface area contributed by atoms with Crippen molar-refractivity contribution in [3.05, 3.63) is 25.3 Å². The van der Waals surface area contributed by atoms with Crippen LogP contribution in [0.15, 0.2) is 25.3 Å². The third kappa shape index (κ3) is 4.11. The Kier molecular flexibility index (Phi) is 6.19. The van der Waals surface area contributed by atoms with Gasteiger partial charge in [0, 0.05) is 19.1 Å². The zero-order chi connectivity index (χ0) is 12.7. The van der Waals surface area contributed by atoms with Gasteiger partial charge >= 0.3 is 6.03 Å². The second-order valence-corrected chi connectivity index (χ2v) is 4.83. The number of thiol groups is 1. The van der Waals surface area contributed by atoms with Crippen LogP contribution < -0.4 is 0 Å². The van der Waals surface area contributed by atoms with Gasteiger partial charge in [-0.3, -0.25) is 4.31 Å². The summed E-state index contributed by atoms with van der Waals surface area (Å²) in [4.78, 5) is 13.9. The lowest BCUT2D eigenvalue weighted by atomic mass is 9.96. The zero-order valence-corrected chi connectivity index (χ0v) is 11.2. The van der Waals surface area contributed by atoms with Crippen LogP contribution in [0.5, 0.6) is 0 Å². The number of nitrogens with zero attached hydrogens (tertiary/aromatic N) is 2. The van der Waals surface area contributed by atoms with E-state index in [2.05, 4.69) is 26.0 Å². The van der Waals surface area contributed by atoms with Crippen LogP contribution in [0, 0.1) is 0 Å². The first-order valence-electron chi connectivity index (χ1n) is 6.19. The van der Waals surface area contributed by atoms with Gasteiger partial charge in [0.1, 0.15) is 0 Å². The number of carbonyl (C=O) groups excluding carboxylic acids is 1. The van der Waals surface area contributed by atoms with Gasteiger partial charge in [-0.2, -0.15) is 0 Å². The molecule has 17 heavy (non-hydrogen) atoms. The van der Waals surface area contributed by atoms with Gasteiger partial charge in [-0.1, -0.05) is 44.2 Å². The molecule has 0 saturated heterocycles. The zero-order valence-electron chi connectivity index (χ0n) is 10.3. The lowest BCUT2D eigenvalue weighted by molar-refractivity contribution is 0.172. The summed E-state index contributed by atoms with van der Waals surface area (Å²) >= 11 is 4.37. The van der Waals surface area contributed by atoms with Gasteiger partial charge in [-0.25, -0.2) is 4.79 Å². The van der Waals surface area contributed by atoms with Crippen LogP contribution in [0.3, 0.4) is 0 Å². The third-order valence-corrected chi connectivity index (χ3v) is 3.58. The molecule has 0 aliphatic heterocycles. The molecule has 0 unspecified atom stereocenters. The highest BCUT2D eigenvalue weighted by atomic mass is 32.1. The fraction of sp³-hybridized carbons (Fsp3) is 0.615. The first-order valence-corrected chi connectivity index (χ1v) is 6.59. The molecule has 0 spiro atoms. The van der Waals surface area contributed by atoms with Crippen molar-refractivity contribution in [1.82, 2.24) is 9.21 Å². The molecule has 0 bridgehead atoms. The summed E-state index contributed by atoms with van der Waals surface area (Å²) in [5, 5.41) is 0. The Morgan fingerprint density at radius 3 is 2.18 bits per heavy atom. The maximum Gasteiger partial charge on any atom is 0.330 e. The molecule has 0 aromatic heterocycles. The van der Waals surface area contributed by atoms with E-state index in [1.165, 1.54) is 19.3 Å². The van der Waals surface area contributed by atoms with Gasteiger partial charge in [-0.05, 0) is 12.8 Å². The number of rotatable bonds is 5. The van der Waals surface area contributed by atoms with Crippen LogP contribution >= 0.6 is 12.8 Å². The summed E-state index contributed by atoms with van der Waals surface area (Å²) in [5.74, 6) is 0. The minimum Gasteiger partial charge on any atom is -0.317 e. The minimum absolute atomic E-state index is 0.0416. The van der Waals surface area contributed by atoms with Crippen molar-refractivity contribution in [2.45, 2.75) is 38.1 Å². The van der Waals surface area contributed by atoms with Crippen molar-refractivity contribution in [1.29, 1.82) is 0 Å². The normalized spacial score (nSPS) is 16.3. The topological polar surface area (TPSA) is 23.6 Å². The Labute approximate surface area is 110 Å². The van der Waals surface area contributed by atoms with Crippen molar-refractivity contribution in [2.24, 2.45) is 0 Å². The molecule has 0 aromatic rings. The van der Waals surface area contributed by atoms with Gasteiger partial charge < -0.3 is 4.90 Å². The largest absolute Gasteiger partial charge is 0.330 e. The van der Waals surface area contributed by atoms with Crippen molar-refractivity contribution in [2.75, 3.05) is 13.1 Å². The van der Waals surface area contributed by atoms with Crippen LogP contribution in [-0.2, 0) is 0 Å². The molecular formula is C13H22N2OS. The summed E-state index contributed by atoms with van der Waals surface area (Å²) in [6, 6.07) is 0.233. The fourth-order valence-electron chi connectivity index (χ4n) is 2.17. The highest BCUT2D eigenvalue weighted by Crippen LogP contribution is 2.24. The Morgan fingerprint density at radius 1 is 1.18 bits per heavy atom. The van der Waals surface area contributed by atoms with Crippen LogP contribution in [-0.4, -0.2) is 34.4 Å². The molecule has 1 fully saturated rings. The van der Waals surface area contributed by atoms with Gasteiger partial charge in [-0.15, -0.1) is 13.2 Å². The standard InChI is InChI=1S/C13H22N2OS/c1-3-10-14(11-4-2)13(16)15(17)12-8-6-5-7-9-12/h3-4,12,17H,1-2,5-11H2. The molecule has 0 radical (unpaired) electrons.